The molecule has 0 atom stereocenters. The first-order valence-corrected chi connectivity index (χ1v) is 8.30. The Balaban J connectivity index is 1.61. The molecule has 9 heteroatoms. The van der Waals surface area contributed by atoms with Crippen molar-refractivity contribution in [2.24, 2.45) is 0 Å². The van der Waals surface area contributed by atoms with Crippen molar-refractivity contribution in [2.75, 3.05) is 11.9 Å². The number of rotatable bonds is 4. The number of thiophene rings is 1. The molecule has 0 fully saturated rings. The molecular weight excluding hydrogens is 351 g/mol. The number of nitrogens with one attached hydrogen (secondary N) is 2. The highest BCUT2D eigenvalue weighted by atomic mass is 32.1. The summed E-state index contributed by atoms with van der Waals surface area (Å²) in [6.07, 6.45) is 1.87. The van der Waals surface area contributed by atoms with Crippen LogP contribution in [0, 0.1) is 0 Å². The maximum absolute atomic E-state index is 12.2. The molecule has 4 heterocycles. The van der Waals surface area contributed by atoms with Gasteiger partial charge in [0.15, 0.2) is 0 Å². The fourth-order valence-corrected chi connectivity index (χ4v) is 3.59. The average molecular weight is 363 g/mol. The number of hydrogen-bond donors (Lipinski definition) is 2. The minimum Gasteiger partial charge on any atom is -0.354 e. The van der Waals surface area contributed by atoms with Crippen molar-refractivity contribution in [3.8, 4) is 10.4 Å². The van der Waals surface area contributed by atoms with E-state index in [0.29, 0.717) is 5.65 Å². The molecule has 0 radical (unpaired) electrons. The number of nitrogens with zero attached hydrogens (tertiary/aromatic N) is 3. The third-order valence-corrected chi connectivity index (χ3v) is 4.86. The zero-order chi connectivity index (χ0) is 17.4. The Morgan fingerprint density at radius 3 is 2.92 bits per heavy atom. The molecule has 0 aliphatic heterocycles. The van der Waals surface area contributed by atoms with Gasteiger partial charge in [0.2, 0.25) is 5.95 Å². The number of anilines is 1. The lowest BCUT2D eigenvalue weighted by atomic mass is 10.2. The van der Waals surface area contributed by atoms with E-state index in [1.165, 1.54) is 0 Å². The summed E-state index contributed by atoms with van der Waals surface area (Å²) in [5.74, 6) is 0.172. The van der Waals surface area contributed by atoms with Gasteiger partial charge in [0.1, 0.15) is 5.65 Å². The van der Waals surface area contributed by atoms with Gasteiger partial charge in [0.05, 0.1) is 6.42 Å². The lowest BCUT2D eigenvalue weighted by Gasteiger charge is -2.07. The SMILES string of the molecule is FC(F)(F)CCNc1ncc2c(-c3cc4cnccc4s3)c[nH]c2n1. The first kappa shape index (κ1) is 15.8. The molecule has 4 aromatic heterocycles. The van der Waals surface area contributed by atoms with Crippen molar-refractivity contribution in [2.45, 2.75) is 12.6 Å². The molecule has 0 aliphatic carbocycles. The summed E-state index contributed by atoms with van der Waals surface area (Å²) in [4.78, 5) is 16.6. The van der Waals surface area contributed by atoms with E-state index in [0.717, 1.165) is 25.9 Å². The number of pyridine rings is 1. The van der Waals surface area contributed by atoms with E-state index in [-0.39, 0.29) is 12.5 Å². The van der Waals surface area contributed by atoms with Crippen LogP contribution in [0.25, 0.3) is 31.6 Å². The van der Waals surface area contributed by atoms with Crippen molar-refractivity contribution >= 4 is 38.4 Å². The van der Waals surface area contributed by atoms with Crippen LogP contribution in [0.3, 0.4) is 0 Å². The number of aromatic nitrogens is 4. The predicted molar refractivity (Wildman–Crippen MR) is 91.7 cm³/mol. The van der Waals surface area contributed by atoms with Gasteiger partial charge in [-0.2, -0.15) is 18.2 Å². The highest BCUT2D eigenvalue weighted by Crippen LogP contribution is 2.36. The van der Waals surface area contributed by atoms with Crippen LogP contribution in [0.4, 0.5) is 19.1 Å². The standard InChI is InChI=1S/C16H12F3N5S/c17-16(18,19)2-4-21-15-23-8-11-10(7-22-14(11)24-15)13-5-9-6-20-3-1-12(9)25-13/h1,3,5-8H,2,4H2,(H2,21,22,23,24). The van der Waals surface area contributed by atoms with Crippen LogP contribution in [0.1, 0.15) is 6.42 Å². The Labute approximate surface area is 144 Å². The first-order valence-electron chi connectivity index (χ1n) is 7.48. The quantitative estimate of drug-likeness (QED) is 0.556. The van der Waals surface area contributed by atoms with Gasteiger partial charge < -0.3 is 10.3 Å². The van der Waals surface area contributed by atoms with Gasteiger partial charge in [-0.1, -0.05) is 0 Å². The van der Waals surface area contributed by atoms with Gasteiger partial charge in [-0.05, 0) is 12.1 Å². The summed E-state index contributed by atoms with van der Waals surface area (Å²) in [5, 5.41) is 4.47. The van der Waals surface area contributed by atoms with Gasteiger partial charge in [-0.3, -0.25) is 4.98 Å². The second kappa shape index (κ2) is 5.99. The van der Waals surface area contributed by atoms with Crippen LogP contribution in [0.15, 0.2) is 36.9 Å². The van der Waals surface area contributed by atoms with Crippen LogP contribution in [0.5, 0.6) is 0 Å². The molecule has 4 aromatic rings. The number of H-pyrrole nitrogens is 1. The van der Waals surface area contributed by atoms with Crippen LogP contribution >= 0.6 is 11.3 Å². The highest BCUT2D eigenvalue weighted by Gasteiger charge is 2.26. The summed E-state index contributed by atoms with van der Waals surface area (Å²) in [5.41, 5.74) is 1.54. The minimum atomic E-state index is -4.20. The van der Waals surface area contributed by atoms with Gasteiger partial charge in [-0.15, -0.1) is 11.3 Å². The van der Waals surface area contributed by atoms with Crippen LogP contribution in [-0.2, 0) is 0 Å². The summed E-state index contributed by atoms with van der Waals surface area (Å²) in [6.45, 7) is -0.258. The fourth-order valence-electron chi connectivity index (χ4n) is 2.53. The van der Waals surface area contributed by atoms with Gasteiger partial charge in [0, 0.05) is 57.2 Å². The lowest BCUT2D eigenvalue weighted by Crippen LogP contribution is -2.15. The molecule has 0 unspecified atom stereocenters. The van der Waals surface area contributed by atoms with Crippen LogP contribution in [-0.4, -0.2) is 32.7 Å². The maximum Gasteiger partial charge on any atom is 0.390 e. The topological polar surface area (TPSA) is 66.5 Å². The minimum absolute atomic E-state index is 0.172. The zero-order valence-corrected chi connectivity index (χ0v) is 13.6. The zero-order valence-electron chi connectivity index (χ0n) is 12.8. The molecular formula is C16H12F3N5S. The summed E-state index contributed by atoms with van der Waals surface area (Å²) >= 11 is 1.63. The van der Waals surface area contributed by atoms with Crippen molar-refractivity contribution in [3.63, 3.8) is 0 Å². The molecule has 128 valence electrons. The normalized spacial score (nSPS) is 12.1. The van der Waals surface area contributed by atoms with Crippen molar-refractivity contribution in [1.82, 2.24) is 19.9 Å². The number of alkyl halides is 3. The molecule has 0 bridgehead atoms. The predicted octanol–water partition coefficient (Wildman–Crippen LogP) is 4.60. The van der Waals surface area contributed by atoms with E-state index in [1.807, 2.05) is 24.5 Å². The molecule has 4 rings (SSSR count). The van der Waals surface area contributed by atoms with E-state index >= 15 is 0 Å². The van der Waals surface area contributed by atoms with E-state index in [2.05, 4.69) is 25.3 Å². The Kier molecular flexibility index (Phi) is 3.79. The molecule has 5 nitrogen and oxygen atoms in total. The second-order valence-corrected chi connectivity index (χ2v) is 6.56. The van der Waals surface area contributed by atoms with Crippen LogP contribution < -0.4 is 5.32 Å². The lowest BCUT2D eigenvalue weighted by molar-refractivity contribution is -0.131. The fraction of sp³-hybridized carbons (Fsp3) is 0.188. The van der Waals surface area contributed by atoms with E-state index in [9.17, 15) is 13.2 Å². The van der Waals surface area contributed by atoms with Gasteiger partial charge in [0.25, 0.3) is 0 Å². The van der Waals surface area contributed by atoms with E-state index < -0.39 is 12.6 Å². The van der Waals surface area contributed by atoms with Crippen molar-refractivity contribution < 1.29 is 13.2 Å². The molecule has 0 spiro atoms. The van der Waals surface area contributed by atoms with E-state index in [4.69, 9.17) is 0 Å². The number of aromatic amines is 1. The monoisotopic (exact) mass is 363 g/mol. The smallest absolute Gasteiger partial charge is 0.354 e. The van der Waals surface area contributed by atoms with E-state index in [1.54, 1.807) is 23.7 Å². The molecule has 0 aromatic carbocycles. The largest absolute Gasteiger partial charge is 0.390 e. The Morgan fingerprint density at radius 1 is 1.24 bits per heavy atom. The molecule has 25 heavy (non-hydrogen) atoms. The Morgan fingerprint density at radius 2 is 2.12 bits per heavy atom. The highest BCUT2D eigenvalue weighted by molar-refractivity contribution is 7.22. The van der Waals surface area contributed by atoms with Crippen molar-refractivity contribution in [1.29, 1.82) is 0 Å². The van der Waals surface area contributed by atoms with Gasteiger partial charge >= 0.3 is 6.18 Å². The third kappa shape index (κ3) is 3.27. The first-order chi connectivity index (χ1) is 12.0. The maximum atomic E-state index is 12.2. The average Bonchev–Trinajstić information content (AvgIpc) is 3.16. The molecule has 2 N–H and O–H groups in total. The molecule has 0 saturated carbocycles. The third-order valence-electron chi connectivity index (χ3n) is 3.71. The van der Waals surface area contributed by atoms with Gasteiger partial charge in [-0.25, -0.2) is 4.98 Å². The summed E-state index contributed by atoms with van der Waals surface area (Å²) < 4.78 is 37.7. The molecule has 0 aliphatic rings. The number of hydrogen-bond acceptors (Lipinski definition) is 5. The molecule has 0 saturated heterocycles. The Bertz CT molecular complexity index is 1000. The Hall–Kier alpha value is -2.68. The number of halogens is 3. The second-order valence-electron chi connectivity index (χ2n) is 5.47. The summed E-state index contributed by atoms with van der Waals surface area (Å²) in [6, 6.07) is 4.00. The molecule has 0 amide bonds. The number of fused-ring (bicyclic) bond motifs is 2. The van der Waals surface area contributed by atoms with Crippen molar-refractivity contribution in [3.05, 3.63) is 36.9 Å². The van der Waals surface area contributed by atoms with Crippen LogP contribution in [0.2, 0.25) is 0 Å². The summed E-state index contributed by atoms with van der Waals surface area (Å²) in [7, 11) is 0.